The number of alkyl halides is 1. The van der Waals surface area contributed by atoms with Gasteiger partial charge in [0.1, 0.15) is 11.6 Å². The van der Waals surface area contributed by atoms with E-state index in [9.17, 15) is 9.18 Å². The Morgan fingerprint density at radius 2 is 1.85 bits per heavy atom. The van der Waals surface area contributed by atoms with Gasteiger partial charge in [-0.2, -0.15) is 0 Å². The number of hydrogen-bond acceptors (Lipinski definition) is 5. The SMILES string of the molecule is COC(=O)C(C)(F)[C@H](c1ccnc(OC[C@H]2CC[C@H](c3cc(OC)ccc3F)CC2)c1)C1CC1. The standard InChI is InChI=1S/C27H33F2NO4/c1-27(29,26(31)33-3)25(19-8-9-19)20-12-13-30-24(14-20)34-16-17-4-6-18(7-5-17)22-15-21(32-2)10-11-23(22)28/h10-15,17-19,25H,4-9,16H2,1-3H3/t17-,18-,25-,27?/m0/s1. The van der Waals surface area contributed by atoms with Crippen molar-refractivity contribution in [2.45, 2.75) is 63.0 Å². The second kappa shape index (κ2) is 10.3. The van der Waals surface area contributed by atoms with Crippen LogP contribution in [0.2, 0.25) is 0 Å². The summed E-state index contributed by atoms with van der Waals surface area (Å²) in [6.45, 7) is 1.80. The highest BCUT2D eigenvalue weighted by Gasteiger charge is 2.51. The number of methoxy groups -OCH3 is 2. The number of nitrogens with zero attached hydrogens (tertiary/aromatic N) is 1. The van der Waals surface area contributed by atoms with Gasteiger partial charge in [0, 0.05) is 18.2 Å². The summed E-state index contributed by atoms with van der Waals surface area (Å²) in [6, 6.07) is 8.42. The van der Waals surface area contributed by atoms with E-state index >= 15 is 4.39 Å². The number of benzene rings is 1. The number of halogens is 2. The molecule has 1 unspecified atom stereocenters. The zero-order valence-electron chi connectivity index (χ0n) is 20.1. The number of carbonyl (C=O) groups excluding carboxylic acids is 1. The monoisotopic (exact) mass is 473 g/mol. The van der Waals surface area contributed by atoms with Crippen LogP contribution in [0.4, 0.5) is 8.78 Å². The van der Waals surface area contributed by atoms with Gasteiger partial charge in [0.15, 0.2) is 0 Å². The number of rotatable bonds is 9. The fourth-order valence-electron chi connectivity index (χ4n) is 5.29. The summed E-state index contributed by atoms with van der Waals surface area (Å²) in [5, 5.41) is 0. The number of ether oxygens (including phenoxy) is 3. The third-order valence-corrected chi connectivity index (χ3v) is 7.34. The fourth-order valence-corrected chi connectivity index (χ4v) is 5.29. The van der Waals surface area contributed by atoms with E-state index in [0.717, 1.165) is 44.1 Å². The third-order valence-electron chi connectivity index (χ3n) is 7.34. The average molecular weight is 474 g/mol. The highest BCUT2D eigenvalue weighted by molar-refractivity contribution is 5.80. The van der Waals surface area contributed by atoms with E-state index in [1.54, 1.807) is 37.6 Å². The van der Waals surface area contributed by atoms with E-state index in [0.29, 0.717) is 29.7 Å². The molecule has 184 valence electrons. The van der Waals surface area contributed by atoms with Gasteiger partial charge in [0.05, 0.1) is 20.8 Å². The summed E-state index contributed by atoms with van der Waals surface area (Å²) in [7, 11) is 2.80. The zero-order chi connectivity index (χ0) is 24.3. The molecule has 2 saturated carbocycles. The molecule has 5 nitrogen and oxygen atoms in total. The summed E-state index contributed by atoms with van der Waals surface area (Å²) in [4.78, 5) is 16.4. The summed E-state index contributed by atoms with van der Waals surface area (Å²) in [5.74, 6) is 0.115. The lowest BCUT2D eigenvalue weighted by molar-refractivity contribution is -0.155. The number of aromatic nitrogens is 1. The first-order valence-corrected chi connectivity index (χ1v) is 12.0. The van der Waals surface area contributed by atoms with E-state index in [-0.39, 0.29) is 17.7 Å². The van der Waals surface area contributed by atoms with Crippen LogP contribution < -0.4 is 9.47 Å². The molecule has 34 heavy (non-hydrogen) atoms. The lowest BCUT2D eigenvalue weighted by atomic mass is 9.79. The van der Waals surface area contributed by atoms with Crippen LogP contribution in [0.1, 0.15) is 68.4 Å². The molecule has 2 aliphatic carbocycles. The largest absolute Gasteiger partial charge is 0.497 e. The molecule has 0 amide bonds. The molecule has 0 spiro atoms. The minimum absolute atomic E-state index is 0.108. The molecule has 1 heterocycles. The Kier molecular flexibility index (Phi) is 7.39. The van der Waals surface area contributed by atoms with Crippen LogP contribution in [0, 0.1) is 17.7 Å². The predicted octanol–water partition coefficient (Wildman–Crippen LogP) is 5.98. The molecule has 0 N–H and O–H groups in total. The van der Waals surface area contributed by atoms with Gasteiger partial charge < -0.3 is 14.2 Å². The molecule has 4 rings (SSSR count). The first-order valence-electron chi connectivity index (χ1n) is 12.0. The predicted molar refractivity (Wildman–Crippen MR) is 124 cm³/mol. The molecule has 2 aromatic rings. The van der Waals surface area contributed by atoms with Crippen molar-refractivity contribution in [3.8, 4) is 11.6 Å². The zero-order valence-corrected chi connectivity index (χ0v) is 20.1. The summed E-state index contributed by atoms with van der Waals surface area (Å²) in [6.07, 6.45) is 7.00. The Bertz CT molecular complexity index is 1000. The lowest BCUT2D eigenvalue weighted by Gasteiger charge is -2.30. The van der Waals surface area contributed by atoms with Crippen molar-refractivity contribution in [3.63, 3.8) is 0 Å². The number of pyridine rings is 1. The molecule has 0 bridgehead atoms. The second-order valence-corrected chi connectivity index (χ2v) is 9.73. The Morgan fingerprint density at radius 1 is 1.12 bits per heavy atom. The van der Waals surface area contributed by atoms with Crippen LogP contribution in [-0.2, 0) is 9.53 Å². The summed E-state index contributed by atoms with van der Waals surface area (Å²) < 4.78 is 45.7. The first-order chi connectivity index (χ1) is 16.3. The van der Waals surface area contributed by atoms with Crippen LogP contribution in [-0.4, -0.2) is 37.4 Å². The molecule has 1 aromatic carbocycles. The second-order valence-electron chi connectivity index (χ2n) is 9.73. The van der Waals surface area contributed by atoms with Gasteiger partial charge in [-0.05, 0) is 98.6 Å². The first kappa shape index (κ1) is 24.4. The molecule has 2 atom stereocenters. The quantitative estimate of drug-likeness (QED) is 0.420. The molecule has 0 saturated heterocycles. The van der Waals surface area contributed by atoms with Gasteiger partial charge in [-0.25, -0.2) is 18.6 Å². The van der Waals surface area contributed by atoms with Crippen LogP contribution in [0.25, 0.3) is 0 Å². The van der Waals surface area contributed by atoms with Gasteiger partial charge in [-0.15, -0.1) is 0 Å². The van der Waals surface area contributed by atoms with Crippen LogP contribution in [0.3, 0.4) is 0 Å². The Balaban J connectivity index is 1.36. The number of esters is 1. The van der Waals surface area contributed by atoms with Crippen LogP contribution >= 0.6 is 0 Å². The Morgan fingerprint density at radius 3 is 2.50 bits per heavy atom. The minimum atomic E-state index is -2.11. The van der Waals surface area contributed by atoms with E-state index < -0.39 is 17.6 Å². The number of hydrogen-bond donors (Lipinski definition) is 0. The van der Waals surface area contributed by atoms with Crippen molar-refractivity contribution >= 4 is 5.97 Å². The summed E-state index contributed by atoms with van der Waals surface area (Å²) in [5.41, 5.74) is -0.679. The number of carbonyl (C=O) groups is 1. The normalized spacial score (nSPS) is 23.0. The third kappa shape index (κ3) is 5.34. The van der Waals surface area contributed by atoms with Crippen molar-refractivity contribution in [2.75, 3.05) is 20.8 Å². The molecule has 2 aliphatic rings. The molecule has 0 radical (unpaired) electrons. The fraction of sp³-hybridized carbons (Fsp3) is 0.556. The van der Waals surface area contributed by atoms with Crippen molar-refractivity contribution in [2.24, 2.45) is 11.8 Å². The maximum absolute atomic E-state index is 15.4. The smallest absolute Gasteiger partial charge is 0.343 e. The van der Waals surface area contributed by atoms with Crippen LogP contribution in [0.15, 0.2) is 36.5 Å². The van der Waals surface area contributed by atoms with Gasteiger partial charge in [0.2, 0.25) is 11.5 Å². The van der Waals surface area contributed by atoms with Gasteiger partial charge >= 0.3 is 5.97 Å². The Labute approximate surface area is 199 Å². The molecule has 7 heteroatoms. The van der Waals surface area contributed by atoms with Gasteiger partial charge in [-0.1, -0.05) is 0 Å². The van der Waals surface area contributed by atoms with Crippen molar-refractivity contribution in [1.29, 1.82) is 0 Å². The molecular formula is C27H33F2NO4. The minimum Gasteiger partial charge on any atom is -0.497 e. The van der Waals surface area contributed by atoms with E-state index in [4.69, 9.17) is 14.2 Å². The maximum Gasteiger partial charge on any atom is 0.343 e. The van der Waals surface area contributed by atoms with Gasteiger partial charge in [-0.3, -0.25) is 0 Å². The summed E-state index contributed by atoms with van der Waals surface area (Å²) >= 11 is 0. The van der Waals surface area contributed by atoms with Crippen molar-refractivity contribution in [3.05, 3.63) is 53.5 Å². The highest BCUT2D eigenvalue weighted by Crippen LogP contribution is 2.50. The maximum atomic E-state index is 15.4. The Hall–Kier alpha value is -2.70. The van der Waals surface area contributed by atoms with E-state index in [2.05, 4.69) is 4.98 Å². The molecular weight excluding hydrogens is 440 g/mol. The van der Waals surface area contributed by atoms with Crippen molar-refractivity contribution < 1.29 is 27.8 Å². The lowest BCUT2D eigenvalue weighted by Crippen LogP contribution is -2.39. The average Bonchev–Trinajstić information content (AvgIpc) is 3.68. The van der Waals surface area contributed by atoms with E-state index in [1.807, 2.05) is 0 Å². The molecule has 1 aromatic heterocycles. The van der Waals surface area contributed by atoms with E-state index in [1.165, 1.54) is 20.1 Å². The van der Waals surface area contributed by atoms with Crippen molar-refractivity contribution in [1.82, 2.24) is 4.98 Å². The van der Waals surface area contributed by atoms with Gasteiger partial charge in [0.25, 0.3) is 0 Å². The van der Waals surface area contributed by atoms with Crippen LogP contribution in [0.5, 0.6) is 11.6 Å². The molecule has 0 aliphatic heterocycles. The topological polar surface area (TPSA) is 57.7 Å². The highest BCUT2D eigenvalue weighted by atomic mass is 19.1. The molecule has 2 fully saturated rings.